The monoisotopic (exact) mass is 129 g/mol. The van der Waals surface area contributed by atoms with E-state index in [9.17, 15) is 4.21 Å². The highest BCUT2D eigenvalue weighted by atomic mass is 32.2. The lowest BCUT2D eigenvalue weighted by Crippen LogP contribution is -1.98. The number of nitrogens with zero attached hydrogens (tertiary/aromatic N) is 1. The van der Waals surface area contributed by atoms with Crippen LogP contribution in [0, 0.1) is 0 Å². The molecule has 0 heterocycles. The molecule has 0 spiro atoms. The van der Waals surface area contributed by atoms with Crippen molar-refractivity contribution < 1.29 is 23.6 Å². The summed E-state index contributed by atoms with van der Waals surface area (Å²) < 4.78 is 21.9. The molecule has 0 rings (SSSR count). The molecular weight excluding hydrogens is 126 g/mol. The van der Waals surface area contributed by atoms with Crippen LogP contribution < -0.4 is 0 Å². The van der Waals surface area contributed by atoms with Crippen molar-refractivity contribution in [1.82, 2.24) is 0 Å². The van der Waals surface area contributed by atoms with Crippen LogP contribution in [0.2, 0.25) is 0 Å². The first-order valence-electron chi connectivity index (χ1n) is 1.08. The molecule has 0 saturated heterocycles. The minimum Gasteiger partial charge on any atom is -0.276 e. The first-order chi connectivity index (χ1) is 3.12. The third kappa shape index (κ3) is 2.48. The molecular formula is H3NO5S. The maximum atomic E-state index is 9.59. The Bertz CT molecular complexity index is 140. The molecule has 0 bridgehead atoms. The van der Waals surface area contributed by atoms with E-state index in [0.29, 0.717) is 0 Å². The Kier molecular flexibility index (Phi) is 2.12. The Labute approximate surface area is 39.5 Å². The van der Waals surface area contributed by atoms with Crippen LogP contribution in [0.1, 0.15) is 0 Å². The molecule has 3 N–H and O–H groups in total. The van der Waals surface area contributed by atoms with Gasteiger partial charge < -0.3 is 0 Å². The highest BCUT2D eigenvalue weighted by Crippen LogP contribution is 1.83. The molecule has 0 aromatic carbocycles. The molecule has 0 aromatic heterocycles. The first kappa shape index (κ1) is 6.79. The summed E-state index contributed by atoms with van der Waals surface area (Å²) in [5.74, 6) is 0. The number of rotatable bonds is 1. The molecule has 44 valence electrons. The normalized spacial score (nSPS) is 18.1. The smallest absolute Gasteiger partial charge is 0.276 e. The molecule has 0 aromatic rings. The van der Waals surface area contributed by atoms with Crippen molar-refractivity contribution in [3.8, 4) is 0 Å². The van der Waals surface area contributed by atoms with Crippen molar-refractivity contribution in [2.24, 2.45) is 4.53 Å². The highest BCUT2D eigenvalue weighted by molar-refractivity contribution is 7.83. The van der Waals surface area contributed by atoms with Gasteiger partial charge >= 0.3 is 10.3 Å². The Morgan fingerprint density at radius 2 is 2.14 bits per heavy atom. The second-order valence-electron chi connectivity index (χ2n) is 0.604. The quantitative estimate of drug-likeness (QED) is 0.334. The van der Waals surface area contributed by atoms with Crippen LogP contribution >= 0.6 is 0 Å². The van der Waals surface area contributed by atoms with E-state index < -0.39 is 10.3 Å². The van der Waals surface area contributed by atoms with Crippen molar-refractivity contribution in [1.29, 1.82) is 0 Å². The summed E-state index contributed by atoms with van der Waals surface area (Å²) in [4.78, 5) is 0. The van der Waals surface area contributed by atoms with Gasteiger partial charge in [0.15, 0.2) is 0 Å². The van der Waals surface area contributed by atoms with Crippen LogP contribution in [-0.2, 0) is 14.6 Å². The molecule has 0 amide bonds. The molecule has 0 aliphatic rings. The fourth-order valence-electron chi connectivity index (χ4n) is 0.0149. The van der Waals surface area contributed by atoms with Crippen LogP contribution in [0.15, 0.2) is 4.53 Å². The maximum absolute atomic E-state index is 9.59. The van der Waals surface area contributed by atoms with Gasteiger partial charge in [-0.1, -0.05) is 0 Å². The average molecular weight is 129 g/mol. The van der Waals surface area contributed by atoms with Gasteiger partial charge in [-0.3, -0.25) is 9.76 Å². The minimum atomic E-state index is -4.17. The van der Waals surface area contributed by atoms with Crippen molar-refractivity contribution in [3.05, 3.63) is 0 Å². The van der Waals surface area contributed by atoms with Crippen molar-refractivity contribution in [3.63, 3.8) is 0 Å². The predicted molar refractivity (Wildman–Crippen MR) is 18.7 cm³/mol. The summed E-state index contributed by atoms with van der Waals surface area (Å²) >= 11 is 0. The van der Waals surface area contributed by atoms with Crippen LogP contribution in [0.25, 0.3) is 0 Å². The first-order valence-corrected chi connectivity index (χ1v) is 2.48. The molecule has 0 saturated carbocycles. The summed E-state index contributed by atoms with van der Waals surface area (Å²) in [6.07, 6.45) is 0. The topological polar surface area (TPSA) is 99.4 Å². The molecule has 7 heavy (non-hydrogen) atoms. The van der Waals surface area contributed by atoms with Crippen molar-refractivity contribution in [2.75, 3.05) is 0 Å². The van der Waals surface area contributed by atoms with Crippen molar-refractivity contribution in [2.45, 2.75) is 0 Å². The van der Waals surface area contributed by atoms with Gasteiger partial charge in [0.25, 0.3) is 0 Å². The zero-order valence-electron chi connectivity index (χ0n) is 3.01. The maximum Gasteiger partial charge on any atom is 0.343 e. The van der Waals surface area contributed by atoms with Gasteiger partial charge in [0.1, 0.15) is 0 Å². The summed E-state index contributed by atoms with van der Waals surface area (Å²) in [7, 11) is -4.17. The SMILES string of the molecule is O=S(O)(=NO)OO. The molecule has 1 atom stereocenters. The van der Waals surface area contributed by atoms with E-state index in [0.717, 1.165) is 0 Å². The van der Waals surface area contributed by atoms with Gasteiger partial charge in [0.05, 0.1) is 0 Å². The van der Waals surface area contributed by atoms with Crippen LogP contribution in [0.3, 0.4) is 0 Å². The largest absolute Gasteiger partial charge is 0.343 e. The zero-order valence-corrected chi connectivity index (χ0v) is 3.83. The van der Waals surface area contributed by atoms with Crippen LogP contribution in [0.5, 0.6) is 0 Å². The van der Waals surface area contributed by atoms with Crippen molar-refractivity contribution >= 4 is 10.3 Å². The lowest BCUT2D eigenvalue weighted by Gasteiger charge is -1.86. The van der Waals surface area contributed by atoms with E-state index in [2.05, 4.69) is 4.33 Å². The second kappa shape index (κ2) is 2.19. The third-order valence-corrected chi connectivity index (χ3v) is 0.601. The molecule has 0 fully saturated rings. The van der Waals surface area contributed by atoms with E-state index in [4.69, 9.17) is 15.0 Å². The van der Waals surface area contributed by atoms with E-state index in [1.165, 1.54) is 0 Å². The lowest BCUT2D eigenvalue weighted by atomic mass is 13.6. The third-order valence-electron chi connectivity index (χ3n) is 0.200. The van der Waals surface area contributed by atoms with Gasteiger partial charge in [-0.15, -0.1) is 4.33 Å². The van der Waals surface area contributed by atoms with Gasteiger partial charge in [0.2, 0.25) is 0 Å². The summed E-state index contributed by atoms with van der Waals surface area (Å²) in [6.45, 7) is 0. The summed E-state index contributed by atoms with van der Waals surface area (Å²) in [5, 5.41) is 14.7. The van der Waals surface area contributed by atoms with Crippen LogP contribution in [0.4, 0.5) is 0 Å². The van der Waals surface area contributed by atoms with Gasteiger partial charge in [-0.25, -0.2) is 5.26 Å². The van der Waals surface area contributed by atoms with E-state index in [-0.39, 0.29) is 0 Å². The van der Waals surface area contributed by atoms with E-state index in [1.54, 1.807) is 4.53 Å². The fourth-order valence-corrected chi connectivity index (χ4v) is 0.0447. The average Bonchev–Trinajstić information content (AvgIpc) is 1.68. The highest BCUT2D eigenvalue weighted by Gasteiger charge is 1.97. The number of hydrogen-bond acceptors (Lipinski definition) is 4. The fraction of sp³-hybridized carbons (Fsp3) is 0. The van der Waals surface area contributed by atoms with E-state index in [1.807, 2.05) is 0 Å². The number of hydrogen-bond donors (Lipinski definition) is 3. The van der Waals surface area contributed by atoms with Gasteiger partial charge in [-0.2, -0.15) is 4.21 Å². The second-order valence-corrected chi connectivity index (χ2v) is 1.81. The molecule has 0 aliphatic carbocycles. The lowest BCUT2D eigenvalue weighted by molar-refractivity contribution is -0.136. The van der Waals surface area contributed by atoms with E-state index >= 15 is 0 Å². The molecule has 0 radical (unpaired) electrons. The molecule has 7 heteroatoms. The Hall–Kier alpha value is -0.210. The zero-order chi connectivity index (χ0) is 5.91. The molecule has 1 unspecified atom stereocenters. The Balaban J connectivity index is 4.17. The Morgan fingerprint density at radius 3 is 2.14 bits per heavy atom. The Morgan fingerprint density at radius 1 is 1.71 bits per heavy atom. The minimum absolute atomic E-state index is 1.75. The summed E-state index contributed by atoms with van der Waals surface area (Å²) in [5.41, 5.74) is 0. The van der Waals surface area contributed by atoms with Gasteiger partial charge in [0, 0.05) is 0 Å². The van der Waals surface area contributed by atoms with Gasteiger partial charge in [-0.05, 0) is 4.53 Å². The molecule has 0 aliphatic heterocycles. The standard InChI is InChI=1S/H3NO5S/c2-1-7(4,5)6-3/h2-3H,(H,1,4,5). The molecule has 6 nitrogen and oxygen atoms in total. The van der Waals surface area contributed by atoms with Crippen LogP contribution in [-0.4, -0.2) is 19.2 Å². The predicted octanol–water partition coefficient (Wildman–Crippen LogP) is -0.279. The summed E-state index contributed by atoms with van der Waals surface area (Å²) in [6, 6.07) is 0.